The van der Waals surface area contributed by atoms with Crippen molar-refractivity contribution in [1.29, 1.82) is 0 Å². The molecule has 2 heterocycles. The Morgan fingerprint density at radius 1 is 0.941 bits per heavy atom. The van der Waals surface area contributed by atoms with Crippen LogP contribution in [0.25, 0.3) is 6.08 Å². The second-order valence-corrected chi connectivity index (χ2v) is 8.18. The largest absolute Gasteiger partial charge is 0.505 e. The minimum absolute atomic E-state index is 0.0230. The summed E-state index contributed by atoms with van der Waals surface area (Å²) in [5, 5.41) is 14.0. The molecule has 1 aromatic heterocycles. The number of benzene rings is 2. The Balaban J connectivity index is 1.84. The van der Waals surface area contributed by atoms with Gasteiger partial charge in [0.25, 0.3) is 0 Å². The molecule has 0 amide bonds. The fraction of sp³-hybridized carbons (Fsp3) is 0.208. The summed E-state index contributed by atoms with van der Waals surface area (Å²) in [6.45, 7) is 0.444. The highest BCUT2D eigenvalue weighted by Gasteiger charge is 2.34. The highest BCUT2D eigenvalue weighted by atomic mass is 35.5. The molecular weight excluding hydrogens is 482 g/mol. The maximum Gasteiger partial charge on any atom is 0.417 e. The van der Waals surface area contributed by atoms with Gasteiger partial charge in [0, 0.05) is 46.9 Å². The third kappa shape index (κ3) is 4.84. The first-order chi connectivity index (χ1) is 15.9. The fourth-order valence-corrected chi connectivity index (χ4v) is 4.12. The van der Waals surface area contributed by atoms with Crippen LogP contribution in [0, 0.1) is 0 Å². The van der Waals surface area contributed by atoms with Crippen LogP contribution < -0.4 is 5.32 Å². The normalized spacial score (nSPS) is 14.4. The number of fused-ring (bicyclic) bond motifs is 1. The van der Waals surface area contributed by atoms with Crippen molar-refractivity contribution in [2.75, 3.05) is 11.9 Å². The summed E-state index contributed by atoms with van der Waals surface area (Å²) in [5.74, 6) is -1.09. The number of nitrogens with zero attached hydrogens (tertiary/aromatic N) is 1. The fourth-order valence-electron chi connectivity index (χ4n) is 3.87. The number of pyridine rings is 1. The second kappa shape index (κ2) is 8.87. The van der Waals surface area contributed by atoms with Gasteiger partial charge in [-0.1, -0.05) is 35.9 Å². The minimum atomic E-state index is -4.64. The molecule has 3 nitrogen and oxygen atoms in total. The molecule has 0 saturated heterocycles. The first-order valence-electron chi connectivity index (χ1n) is 10.1. The maximum absolute atomic E-state index is 13.4. The number of phenols is 1. The Morgan fingerprint density at radius 2 is 1.65 bits per heavy atom. The van der Waals surface area contributed by atoms with Crippen molar-refractivity contribution in [3.05, 3.63) is 93.3 Å². The standard InChI is InChI=1S/C24H17ClF6N2O/c25-20-8-5-14(23(26,27)28)10-19(20)18(11-16-6-4-15(12-33-16)24(29,30)31)17-7-3-13-2-1-9-32-21(13)22(17)34/h1-8,10,12,18,32,34H,9,11H2. The van der Waals surface area contributed by atoms with E-state index in [2.05, 4.69) is 10.3 Å². The van der Waals surface area contributed by atoms with Crippen molar-refractivity contribution in [3.63, 3.8) is 0 Å². The van der Waals surface area contributed by atoms with Gasteiger partial charge in [0.1, 0.15) is 5.75 Å². The van der Waals surface area contributed by atoms with Gasteiger partial charge in [-0.05, 0) is 35.9 Å². The van der Waals surface area contributed by atoms with Gasteiger partial charge in [0.15, 0.2) is 0 Å². The Bertz CT molecular complexity index is 1240. The van der Waals surface area contributed by atoms with E-state index in [0.717, 1.165) is 30.3 Å². The number of aromatic hydroxyl groups is 1. The number of phenolic OH excluding ortho intramolecular Hbond substituents is 1. The zero-order valence-electron chi connectivity index (χ0n) is 17.3. The molecular formula is C24H17ClF6N2O. The van der Waals surface area contributed by atoms with E-state index in [4.69, 9.17) is 11.6 Å². The van der Waals surface area contributed by atoms with Gasteiger partial charge in [-0.3, -0.25) is 4.98 Å². The van der Waals surface area contributed by atoms with E-state index in [1.54, 1.807) is 18.2 Å². The average molecular weight is 499 g/mol. The number of alkyl halides is 6. The molecule has 0 saturated carbocycles. The molecule has 0 aliphatic carbocycles. The van der Waals surface area contributed by atoms with E-state index in [1.165, 1.54) is 0 Å². The van der Waals surface area contributed by atoms with Crippen molar-refractivity contribution < 1.29 is 31.4 Å². The van der Waals surface area contributed by atoms with Crippen molar-refractivity contribution in [3.8, 4) is 5.75 Å². The lowest BCUT2D eigenvalue weighted by atomic mass is 9.84. The zero-order valence-corrected chi connectivity index (χ0v) is 18.1. The molecule has 1 aliphatic rings. The molecule has 1 aliphatic heterocycles. The summed E-state index contributed by atoms with van der Waals surface area (Å²) in [7, 11) is 0. The number of nitrogens with one attached hydrogen (secondary N) is 1. The van der Waals surface area contributed by atoms with Gasteiger partial charge in [0.2, 0.25) is 0 Å². The number of rotatable bonds is 4. The number of hydrogen-bond acceptors (Lipinski definition) is 3. The minimum Gasteiger partial charge on any atom is -0.505 e. The average Bonchev–Trinajstić information content (AvgIpc) is 2.78. The predicted octanol–water partition coefficient (Wildman–Crippen LogP) is 7.29. The van der Waals surface area contributed by atoms with Gasteiger partial charge in [-0.15, -0.1) is 0 Å². The molecule has 1 atom stereocenters. The van der Waals surface area contributed by atoms with Crippen LogP contribution in [0.4, 0.5) is 32.0 Å². The van der Waals surface area contributed by atoms with E-state index >= 15 is 0 Å². The Morgan fingerprint density at radius 3 is 2.29 bits per heavy atom. The van der Waals surface area contributed by atoms with E-state index in [1.807, 2.05) is 6.08 Å². The third-order valence-corrected chi connectivity index (χ3v) is 5.92. The molecule has 0 spiro atoms. The second-order valence-electron chi connectivity index (χ2n) is 7.78. The number of halogens is 7. The molecule has 34 heavy (non-hydrogen) atoms. The summed E-state index contributed by atoms with van der Waals surface area (Å²) in [5.41, 5.74) is -0.253. The molecule has 2 N–H and O–H groups in total. The van der Waals surface area contributed by atoms with E-state index in [-0.39, 0.29) is 34.0 Å². The van der Waals surface area contributed by atoms with Crippen LogP contribution in [0.1, 0.15) is 39.4 Å². The molecule has 178 valence electrons. The molecule has 0 radical (unpaired) electrons. The van der Waals surface area contributed by atoms with Crippen LogP contribution >= 0.6 is 11.6 Å². The lowest BCUT2D eigenvalue weighted by molar-refractivity contribution is -0.138. The number of hydrogen-bond donors (Lipinski definition) is 2. The van der Waals surface area contributed by atoms with Crippen LogP contribution in [-0.2, 0) is 18.8 Å². The first kappa shape index (κ1) is 23.9. The van der Waals surface area contributed by atoms with E-state index < -0.39 is 29.4 Å². The van der Waals surface area contributed by atoms with Gasteiger partial charge >= 0.3 is 12.4 Å². The molecule has 1 unspecified atom stereocenters. The third-order valence-electron chi connectivity index (χ3n) is 5.57. The van der Waals surface area contributed by atoms with Gasteiger partial charge in [0.05, 0.1) is 16.8 Å². The van der Waals surface area contributed by atoms with Gasteiger partial charge in [-0.2, -0.15) is 26.3 Å². The summed E-state index contributed by atoms with van der Waals surface area (Å²) in [4.78, 5) is 3.86. The summed E-state index contributed by atoms with van der Waals surface area (Å²) >= 11 is 6.29. The number of aromatic nitrogens is 1. The summed E-state index contributed by atoms with van der Waals surface area (Å²) in [6, 6.07) is 8.13. The van der Waals surface area contributed by atoms with E-state index in [0.29, 0.717) is 24.0 Å². The molecule has 0 bridgehead atoms. The highest BCUT2D eigenvalue weighted by molar-refractivity contribution is 6.31. The quantitative estimate of drug-likeness (QED) is 0.293. The first-order valence-corrected chi connectivity index (χ1v) is 10.5. The smallest absolute Gasteiger partial charge is 0.417 e. The molecule has 0 fully saturated rings. The lowest BCUT2D eigenvalue weighted by Gasteiger charge is -2.24. The van der Waals surface area contributed by atoms with Crippen LogP contribution in [0.15, 0.2) is 54.7 Å². The van der Waals surface area contributed by atoms with Crippen LogP contribution in [-0.4, -0.2) is 16.6 Å². The monoisotopic (exact) mass is 498 g/mol. The molecule has 3 aromatic rings. The topological polar surface area (TPSA) is 45.2 Å². The molecule has 4 rings (SSSR count). The van der Waals surface area contributed by atoms with Crippen molar-refractivity contribution in [2.45, 2.75) is 24.7 Å². The van der Waals surface area contributed by atoms with E-state index in [9.17, 15) is 31.4 Å². The Labute approximate surface area is 195 Å². The highest BCUT2D eigenvalue weighted by Crippen LogP contribution is 2.44. The van der Waals surface area contributed by atoms with Crippen molar-refractivity contribution in [1.82, 2.24) is 4.98 Å². The van der Waals surface area contributed by atoms with Gasteiger partial charge < -0.3 is 10.4 Å². The van der Waals surface area contributed by atoms with Gasteiger partial charge in [-0.25, -0.2) is 0 Å². The van der Waals surface area contributed by atoms with Crippen LogP contribution in [0.5, 0.6) is 5.75 Å². The lowest BCUT2D eigenvalue weighted by Crippen LogP contribution is -2.13. The molecule has 10 heteroatoms. The summed E-state index contributed by atoms with van der Waals surface area (Å²) < 4.78 is 79.0. The van der Waals surface area contributed by atoms with Crippen LogP contribution in [0.3, 0.4) is 0 Å². The predicted molar refractivity (Wildman–Crippen MR) is 117 cm³/mol. The number of anilines is 1. The SMILES string of the molecule is Oc1c(C(Cc2ccc(C(F)(F)F)cn2)c2cc(C(F)(F)F)ccc2Cl)ccc2c1NCC=C2. The van der Waals surface area contributed by atoms with Crippen molar-refractivity contribution >= 4 is 23.4 Å². The summed E-state index contributed by atoms with van der Waals surface area (Å²) in [6.07, 6.45) is -5.01. The maximum atomic E-state index is 13.4. The molecule has 2 aromatic carbocycles. The Hall–Kier alpha value is -3.20. The van der Waals surface area contributed by atoms with Crippen LogP contribution in [0.2, 0.25) is 5.02 Å². The zero-order chi connectivity index (χ0) is 24.7. The van der Waals surface area contributed by atoms with Crippen molar-refractivity contribution in [2.24, 2.45) is 0 Å². The Kier molecular flexibility index (Phi) is 6.24.